The van der Waals surface area contributed by atoms with Crippen molar-refractivity contribution in [2.45, 2.75) is 19.9 Å². The van der Waals surface area contributed by atoms with E-state index in [1.54, 1.807) is 6.07 Å². The smallest absolute Gasteiger partial charge is 0.221 e. The van der Waals surface area contributed by atoms with Gasteiger partial charge in [0, 0.05) is 12.2 Å². The van der Waals surface area contributed by atoms with Gasteiger partial charge in [0.15, 0.2) is 0 Å². The Morgan fingerprint density at radius 1 is 1.20 bits per heavy atom. The van der Waals surface area contributed by atoms with Gasteiger partial charge in [-0.1, -0.05) is 24.3 Å². The van der Waals surface area contributed by atoms with Crippen molar-refractivity contribution in [1.82, 2.24) is 0 Å². The van der Waals surface area contributed by atoms with Crippen LogP contribution in [0.3, 0.4) is 0 Å². The number of halogens is 1. The van der Waals surface area contributed by atoms with Crippen molar-refractivity contribution in [3.63, 3.8) is 0 Å². The maximum atomic E-state index is 13.0. The SMILES string of the molecule is Cc1cc(F)ccc1CNc1ccccc1CC(N)=O. The maximum Gasteiger partial charge on any atom is 0.221 e. The number of carbonyl (C=O) groups is 1. The fourth-order valence-corrected chi connectivity index (χ4v) is 2.08. The molecular formula is C16H17FN2O. The van der Waals surface area contributed by atoms with Gasteiger partial charge >= 0.3 is 0 Å². The molecule has 0 heterocycles. The third kappa shape index (κ3) is 3.57. The zero-order chi connectivity index (χ0) is 14.5. The van der Waals surface area contributed by atoms with Crippen LogP contribution in [-0.4, -0.2) is 5.91 Å². The first-order chi connectivity index (χ1) is 9.56. The summed E-state index contributed by atoms with van der Waals surface area (Å²) in [6.07, 6.45) is 0.200. The number of hydrogen-bond donors (Lipinski definition) is 2. The summed E-state index contributed by atoms with van der Waals surface area (Å²) in [5, 5.41) is 3.26. The van der Waals surface area contributed by atoms with Crippen molar-refractivity contribution in [2.24, 2.45) is 5.73 Å². The average Bonchev–Trinajstić information content (AvgIpc) is 2.39. The molecule has 1 amide bonds. The molecule has 0 aliphatic carbocycles. The Hall–Kier alpha value is -2.36. The first-order valence-corrected chi connectivity index (χ1v) is 6.41. The molecule has 0 saturated carbocycles. The van der Waals surface area contributed by atoms with Gasteiger partial charge in [-0.25, -0.2) is 4.39 Å². The Kier molecular flexibility index (Phi) is 4.35. The Morgan fingerprint density at radius 2 is 1.95 bits per heavy atom. The van der Waals surface area contributed by atoms with Crippen molar-refractivity contribution in [2.75, 3.05) is 5.32 Å². The van der Waals surface area contributed by atoms with Gasteiger partial charge in [0.05, 0.1) is 6.42 Å². The van der Waals surface area contributed by atoms with Crippen LogP contribution in [0.2, 0.25) is 0 Å². The van der Waals surface area contributed by atoms with Crippen LogP contribution in [-0.2, 0) is 17.8 Å². The lowest BCUT2D eigenvalue weighted by Crippen LogP contribution is -2.15. The number of para-hydroxylation sites is 1. The quantitative estimate of drug-likeness (QED) is 0.879. The number of primary amides is 1. The normalized spacial score (nSPS) is 10.3. The van der Waals surface area contributed by atoms with Crippen LogP contribution in [0, 0.1) is 12.7 Å². The van der Waals surface area contributed by atoms with Gasteiger partial charge < -0.3 is 11.1 Å². The molecule has 0 fully saturated rings. The molecule has 0 radical (unpaired) electrons. The molecule has 0 atom stereocenters. The molecule has 3 N–H and O–H groups in total. The number of amides is 1. The maximum absolute atomic E-state index is 13.0. The van der Waals surface area contributed by atoms with Gasteiger partial charge in [0.2, 0.25) is 5.91 Å². The minimum Gasteiger partial charge on any atom is -0.381 e. The molecule has 0 saturated heterocycles. The molecule has 2 aromatic carbocycles. The lowest BCUT2D eigenvalue weighted by Gasteiger charge is -2.12. The summed E-state index contributed by atoms with van der Waals surface area (Å²) in [6, 6.07) is 12.2. The molecule has 2 rings (SSSR count). The van der Waals surface area contributed by atoms with Crippen LogP contribution >= 0.6 is 0 Å². The van der Waals surface area contributed by atoms with E-state index in [1.807, 2.05) is 31.2 Å². The molecule has 0 bridgehead atoms. The summed E-state index contributed by atoms with van der Waals surface area (Å²) >= 11 is 0. The molecule has 2 aromatic rings. The molecule has 3 nitrogen and oxygen atoms in total. The number of rotatable bonds is 5. The monoisotopic (exact) mass is 272 g/mol. The van der Waals surface area contributed by atoms with E-state index >= 15 is 0 Å². The van der Waals surface area contributed by atoms with Gasteiger partial charge in [-0.15, -0.1) is 0 Å². The van der Waals surface area contributed by atoms with Gasteiger partial charge in [-0.2, -0.15) is 0 Å². The third-order valence-corrected chi connectivity index (χ3v) is 3.16. The van der Waals surface area contributed by atoms with E-state index in [-0.39, 0.29) is 18.1 Å². The molecular weight excluding hydrogens is 255 g/mol. The van der Waals surface area contributed by atoms with Crippen molar-refractivity contribution in [1.29, 1.82) is 0 Å². The number of nitrogens with one attached hydrogen (secondary N) is 1. The second-order valence-electron chi connectivity index (χ2n) is 4.72. The molecule has 4 heteroatoms. The van der Waals surface area contributed by atoms with Crippen LogP contribution < -0.4 is 11.1 Å². The standard InChI is InChI=1S/C16H17FN2O/c1-11-8-14(17)7-6-13(11)10-19-15-5-3-2-4-12(15)9-16(18)20/h2-8,19H,9-10H2,1H3,(H2,18,20). The predicted octanol–water partition coefficient (Wildman–Crippen LogP) is 2.77. The lowest BCUT2D eigenvalue weighted by molar-refractivity contribution is -0.117. The topological polar surface area (TPSA) is 55.1 Å². The van der Waals surface area contributed by atoms with Gasteiger partial charge in [0.25, 0.3) is 0 Å². The lowest BCUT2D eigenvalue weighted by atomic mass is 10.1. The van der Waals surface area contributed by atoms with Gasteiger partial charge in [0.1, 0.15) is 5.82 Å². The van der Waals surface area contributed by atoms with Crippen molar-refractivity contribution in [3.8, 4) is 0 Å². The van der Waals surface area contributed by atoms with E-state index in [1.165, 1.54) is 12.1 Å². The summed E-state index contributed by atoms with van der Waals surface area (Å²) in [4.78, 5) is 11.0. The fraction of sp³-hybridized carbons (Fsp3) is 0.188. The number of hydrogen-bond acceptors (Lipinski definition) is 2. The Balaban J connectivity index is 2.12. The van der Waals surface area contributed by atoms with Crippen LogP contribution in [0.5, 0.6) is 0 Å². The van der Waals surface area contributed by atoms with E-state index < -0.39 is 0 Å². The van der Waals surface area contributed by atoms with Gasteiger partial charge in [-0.05, 0) is 41.8 Å². The Morgan fingerprint density at radius 3 is 2.65 bits per heavy atom. The highest BCUT2D eigenvalue weighted by Gasteiger charge is 2.06. The van der Waals surface area contributed by atoms with Crippen molar-refractivity contribution < 1.29 is 9.18 Å². The average molecular weight is 272 g/mol. The molecule has 104 valence electrons. The molecule has 0 aliphatic heterocycles. The minimum absolute atomic E-state index is 0.200. The Bertz CT molecular complexity index is 626. The molecule has 0 unspecified atom stereocenters. The van der Waals surface area contributed by atoms with Crippen LogP contribution in [0.15, 0.2) is 42.5 Å². The number of carbonyl (C=O) groups excluding carboxylic acids is 1. The summed E-state index contributed by atoms with van der Waals surface area (Å²) in [5.41, 5.74) is 8.87. The molecule has 0 spiro atoms. The number of anilines is 1. The van der Waals surface area contributed by atoms with E-state index in [9.17, 15) is 9.18 Å². The zero-order valence-electron chi connectivity index (χ0n) is 11.3. The second-order valence-corrected chi connectivity index (χ2v) is 4.72. The second kappa shape index (κ2) is 6.19. The highest BCUT2D eigenvalue weighted by molar-refractivity contribution is 5.78. The van der Waals surface area contributed by atoms with E-state index in [0.29, 0.717) is 6.54 Å². The summed E-state index contributed by atoms with van der Waals surface area (Å²) in [5.74, 6) is -0.599. The van der Waals surface area contributed by atoms with Crippen molar-refractivity contribution >= 4 is 11.6 Å². The highest BCUT2D eigenvalue weighted by atomic mass is 19.1. The number of aryl methyl sites for hydroxylation is 1. The first-order valence-electron chi connectivity index (χ1n) is 6.41. The highest BCUT2D eigenvalue weighted by Crippen LogP contribution is 2.18. The van der Waals surface area contributed by atoms with Crippen LogP contribution in [0.4, 0.5) is 10.1 Å². The van der Waals surface area contributed by atoms with Crippen LogP contribution in [0.25, 0.3) is 0 Å². The van der Waals surface area contributed by atoms with E-state index in [2.05, 4.69) is 5.32 Å². The summed E-state index contributed by atoms with van der Waals surface area (Å²) < 4.78 is 13.0. The Labute approximate surface area is 117 Å². The summed E-state index contributed by atoms with van der Waals surface area (Å²) in [6.45, 7) is 2.44. The number of benzene rings is 2. The van der Waals surface area contributed by atoms with Crippen molar-refractivity contribution in [3.05, 3.63) is 65.0 Å². The largest absolute Gasteiger partial charge is 0.381 e. The predicted molar refractivity (Wildman–Crippen MR) is 77.8 cm³/mol. The fourth-order valence-electron chi connectivity index (χ4n) is 2.08. The zero-order valence-corrected chi connectivity index (χ0v) is 11.3. The molecule has 0 aliphatic rings. The number of nitrogens with two attached hydrogens (primary N) is 1. The third-order valence-electron chi connectivity index (χ3n) is 3.16. The van der Waals surface area contributed by atoms with E-state index in [4.69, 9.17) is 5.73 Å². The van der Waals surface area contributed by atoms with Gasteiger partial charge in [-0.3, -0.25) is 4.79 Å². The molecule has 20 heavy (non-hydrogen) atoms. The minimum atomic E-state index is -0.364. The van der Waals surface area contributed by atoms with E-state index in [0.717, 1.165) is 22.4 Å². The van der Waals surface area contributed by atoms with Crippen LogP contribution in [0.1, 0.15) is 16.7 Å². The first kappa shape index (κ1) is 14.1. The molecule has 0 aromatic heterocycles. The summed E-state index contributed by atoms with van der Waals surface area (Å²) in [7, 11) is 0.